The lowest BCUT2D eigenvalue weighted by Gasteiger charge is -2.22. The van der Waals surface area contributed by atoms with E-state index in [2.05, 4.69) is 0 Å². The molecular weight excluding hydrogens is 352 g/mol. The Balaban J connectivity index is 1.94. The van der Waals surface area contributed by atoms with Crippen LogP contribution >= 0.6 is 0 Å². The van der Waals surface area contributed by atoms with Crippen molar-refractivity contribution in [2.45, 2.75) is 33.6 Å². The van der Waals surface area contributed by atoms with E-state index in [1.807, 2.05) is 70.2 Å². The summed E-state index contributed by atoms with van der Waals surface area (Å²) >= 11 is 0. The van der Waals surface area contributed by atoms with Crippen molar-refractivity contribution in [2.24, 2.45) is 0 Å². The van der Waals surface area contributed by atoms with Gasteiger partial charge in [-0.15, -0.1) is 0 Å². The van der Waals surface area contributed by atoms with Gasteiger partial charge < -0.3 is 19.7 Å². The van der Waals surface area contributed by atoms with Crippen LogP contribution in [-0.4, -0.2) is 17.0 Å². The number of aryl methyl sites for hydroxylation is 4. The summed E-state index contributed by atoms with van der Waals surface area (Å²) in [6, 6.07) is 14.1. The van der Waals surface area contributed by atoms with E-state index in [0.29, 0.717) is 11.5 Å². The van der Waals surface area contributed by atoms with Gasteiger partial charge in [-0.3, -0.25) is 0 Å². The Hall–Kier alpha value is -3.14. The van der Waals surface area contributed by atoms with Gasteiger partial charge in [-0.2, -0.15) is 0 Å². The molecule has 28 heavy (non-hydrogen) atoms. The number of phenolic OH excluding ortho intramolecular Hbond substituents is 2. The van der Waals surface area contributed by atoms with Crippen LogP contribution in [0, 0.1) is 27.7 Å². The van der Waals surface area contributed by atoms with E-state index in [1.165, 1.54) is 0 Å². The number of hydrogen-bond acceptors (Lipinski definition) is 4. The molecule has 4 nitrogen and oxygen atoms in total. The lowest BCUT2D eigenvalue weighted by atomic mass is 9.82. The Morgan fingerprint density at radius 2 is 1.11 bits per heavy atom. The Labute approximate surface area is 165 Å². The van der Waals surface area contributed by atoms with Gasteiger partial charge in [0.1, 0.15) is 11.5 Å². The fourth-order valence-corrected chi connectivity index (χ4v) is 3.98. The second-order valence-electron chi connectivity index (χ2n) is 7.55. The van der Waals surface area contributed by atoms with E-state index >= 15 is 0 Å². The van der Waals surface area contributed by atoms with Crippen LogP contribution in [0.3, 0.4) is 0 Å². The first-order valence-corrected chi connectivity index (χ1v) is 9.35. The number of benzene rings is 3. The van der Waals surface area contributed by atoms with Crippen LogP contribution < -0.4 is 9.47 Å². The maximum atomic E-state index is 10.2. The Bertz CT molecular complexity index is 965. The molecular formula is C24H24O4. The largest absolute Gasteiger partial charge is 0.507 e. The highest BCUT2D eigenvalue weighted by molar-refractivity contribution is 5.55. The highest BCUT2D eigenvalue weighted by Crippen LogP contribution is 2.41. The third-order valence-electron chi connectivity index (χ3n) is 5.42. The Morgan fingerprint density at radius 3 is 1.61 bits per heavy atom. The molecule has 0 saturated carbocycles. The quantitative estimate of drug-likeness (QED) is 0.614. The van der Waals surface area contributed by atoms with Crippen molar-refractivity contribution >= 4 is 0 Å². The maximum Gasteiger partial charge on any atom is 0.231 e. The van der Waals surface area contributed by atoms with E-state index < -0.39 is 0 Å². The van der Waals surface area contributed by atoms with E-state index in [4.69, 9.17) is 9.47 Å². The molecule has 0 aromatic heterocycles. The zero-order valence-corrected chi connectivity index (χ0v) is 16.5. The average Bonchev–Trinajstić information content (AvgIpc) is 3.12. The van der Waals surface area contributed by atoms with Crippen LogP contribution in [0.1, 0.15) is 44.9 Å². The van der Waals surface area contributed by atoms with Crippen LogP contribution in [-0.2, 0) is 0 Å². The summed E-state index contributed by atoms with van der Waals surface area (Å²) in [7, 11) is 0. The topological polar surface area (TPSA) is 58.9 Å². The first kappa shape index (κ1) is 18.2. The summed E-state index contributed by atoms with van der Waals surface area (Å²) in [6.07, 6.45) is 0. The van der Waals surface area contributed by atoms with Gasteiger partial charge in [0, 0.05) is 5.92 Å². The van der Waals surface area contributed by atoms with E-state index in [9.17, 15) is 10.2 Å². The molecule has 3 aromatic rings. The molecule has 0 unspecified atom stereocenters. The van der Waals surface area contributed by atoms with Crippen LogP contribution in [0.4, 0.5) is 0 Å². The van der Waals surface area contributed by atoms with Gasteiger partial charge in [-0.05, 0) is 78.8 Å². The molecule has 0 radical (unpaired) electrons. The Morgan fingerprint density at radius 1 is 0.643 bits per heavy atom. The SMILES string of the molecule is Cc1cc(C(c2cc(C)c(O)c(C)c2)c2ccc3c(c2)OCO3)cc(C)c1O. The minimum absolute atomic E-state index is 0.0644. The molecule has 0 atom stereocenters. The molecule has 0 saturated heterocycles. The van der Waals surface area contributed by atoms with Gasteiger partial charge in [0.25, 0.3) is 0 Å². The summed E-state index contributed by atoms with van der Waals surface area (Å²) in [5.41, 5.74) is 6.59. The summed E-state index contributed by atoms with van der Waals surface area (Å²) in [5, 5.41) is 20.5. The predicted molar refractivity (Wildman–Crippen MR) is 109 cm³/mol. The van der Waals surface area contributed by atoms with E-state index in [-0.39, 0.29) is 12.7 Å². The summed E-state index contributed by atoms with van der Waals surface area (Å²) in [6.45, 7) is 7.88. The average molecular weight is 376 g/mol. The van der Waals surface area contributed by atoms with Crippen molar-refractivity contribution in [3.05, 3.63) is 81.4 Å². The number of hydrogen-bond donors (Lipinski definition) is 2. The van der Waals surface area contributed by atoms with Crippen molar-refractivity contribution in [3.8, 4) is 23.0 Å². The smallest absolute Gasteiger partial charge is 0.231 e. The minimum Gasteiger partial charge on any atom is -0.507 e. The van der Waals surface area contributed by atoms with Gasteiger partial charge >= 0.3 is 0 Å². The van der Waals surface area contributed by atoms with Crippen LogP contribution in [0.25, 0.3) is 0 Å². The van der Waals surface area contributed by atoms with Gasteiger partial charge in [0.2, 0.25) is 6.79 Å². The number of aromatic hydroxyl groups is 2. The van der Waals surface area contributed by atoms with Crippen molar-refractivity contribution in [2.75, 3.05) is 6.79 Å². The number of rotatable bonds is 3. The lowest BCUT2D eigenvalue weighted by molar-refractivity contribution is 0.174. The Kier molecular flexibility index (Phi) is 4.42. The van der Waals surface area contributed by atoms with Crippen molar-refractivity contribution in [1.29, 1.82) is 0 Å². The van der Waals surface area contributed by atoms with Gasteiger partial charge in [0.05, 0.1) is 0 Å². The first-order valence-electron chi connectivity index (χ1n) is 9.35. The van der Waals surface area contributed by atoms with E-state index in [1.54, 1.807) is 0 Å². The first-order chi connectivity index (χ1) is 13.3. The molecule has 4 rings (SSSR count). The van der Waals surface area contributed by atoms with Gasteiger partial charge in [0.15, 0.2) is 11.5 Å². The molecule has 0 bridgehead atoms. The minimum atomic E-state index is -0.0644. The van der Waals surface area contributed by atoms with Crippen LogP contribution in [0.5, 0.6) is 23.0 Å². The number of fused-ring (bicyclic) bond motifs is 1. The number of ether oxygens (including phenoxy) is 2. The lowest BCUT2D eigenvalue weighted by Crippen LogP contribution is -2.06. The standard InChI is InChI=1S/C24H24O4/c1-13-7-18(8-14(2)23(13)25)22(19-9-15(3)24(26)16(4)10-19)17-5-6-20-21(11-17)28-12-27-20/h5-11,22,25-26H,12H2,1-4H3. The fourth-order valence-electron chi connectivity index (χ4n) is 3.98. The second-order valence-corrected chi connectivity index (χ2v) is 7.55. The highest BCUT2D eigenvalue weighted by Gasteiger charge is 2.23. The van der Waals surface area contributed by atoms with Crippen molar-refractivity contribution in [1.82, 2.24) is 0 Å². The zero-order chi connectivity index (χ0) is 20.0. The zero-order valence-electron chi connectivity index (χ0n) is 16.5. The third-order valence-corrected chi connectivity index (χ3v) is 5.42. The molecule has 0 fully saturated rings. The van der Waals surface area contributed by atoms with Crippen molar-refractivity contribution < 1.29 is 19.7 Å². The van der Waals surface area contributed by atoms with E-state index in [0.717, 1.165) is 50.4 Å². The molecule has 2 N–H and O–H groups in total. The third kappa shape index (κ3) is 3.05. The molecule has 0 aliphatic carbocycles. The molecule has 144 valence electrons. The fraction of sp³-hybridized carbons (Fsp3) is 0.250. The van der Waals surface area contributed by atoms with Crippen LogP contribution in [0.2, 0.25) is 0 Å². The summed E-state index contributed by atoms with van der Waals surface area (Å²) in [4.78, 5) is 0. The monoisotopic (exact) mass is 376 g/mol. The summed E-state index contributed by atoms with van der Waals surface area (Å²) in [5.74, 6) is 2.07. The predicted octanol–water partition coefficient (Wildman–Crippen LogP) is 5.24. The molecule has 3 aromatic carbocycles. The molecule has 1 heterocycles. The molecule has 1 aliphatic rings. The normalized spacial score (nSPS) is 12.6. The second kappa shape index (κ2) is 6.79. The number of phenols is 2. The van der Waals surface area contributed by atoms with Gasteiger partial charge in [-0.25, -0.2) is 0 Å². The molecule has 4 heteroatoms. The molecule has 0 spiro atoms. The van der Waals surface area contributed by atoms with Crippen LogP contribution in [0.15, 0.2) is 42.5 Å². The molecule has 1 aliphatic heterocycles. The van der Waals surface area contributed by atoms with Crippen molar-refractivity contribution in [3.63, 3.8) is 0 Å². The molecule has 0 amide bonds. The van der Waals surface area contributed by atoms with Gasteiger partial charge in [-0.1, -0.05) is 30.3 Å². The highest BCUT2D eigenvalue weighted by atomic mass is 16.7. The maximum absolute atomic E-state index is 10.2. The summed E-state index contributed by atoms with van der Waals surface area (Å²) < 4.78 is 11.1.